The van der Waals surface area contributed by atoms with E-state index in [4.69, 9.17) is 0 Å². The molecule has 1 N–H and O–H groups in total. The third-order valence-electron chi connectivity index (χ3n) is 4.90. The number of carbonyl (C=O) groups is 2. The van der Waals surface area contributed by atoms with Gasteiger partial charge in [0.15, 0.2) is 5.13 Å². The van der Waals surface area contributed by atoms with Crippen molar-refractivity contribution < 1.29 is 14.7 Å². The minimum atomic E-state index is -0.756. The number of aliphatic hydroxyl groups is 1. The molecule has 1 aromatic heterocycles. The summed E-state index contributed by atoms with van der Waals surface area (Å²) in [6.07, 6.45) is 0. The summed E-state index contributed by atoms with van der Waals surface area (Å²) in [4.78, 5) is 32.9. The summed E-state index contributed by atoms with van der Waals surface area (Å²) in [6, 6.07) is 15.4. The van der Waals surface area contributed by atoms with Gasteiger partial charge in [0.1, 0.15) is 5.76 Å². The van der Waals surface area contributed by atoms with Gasteiger partial charge in [-0.3, -0.25) is 14.5 Å². The Morgan fingerprint density at radius 2 is 1.72 bits per heavy atom. The van der Waals surface area contributed by atoms with Gasteiger partial charge in [0.05, 0.1) is 17.3 Å². The van der Waals surface area contributed by atoms with Crippen LogP contribution in [0.2, 0.25) is 0 Å². The Balaban J connectivity index is 1.95. The van der Waals surface area contributed by atoms with E-state index in [1.165, 1.54) is 16.2 Å². The zero-order chi connectivity index (χ0) is 20.7. The van der Waals surface area contributed by atoms with Gasteiger partial charge in [0.2, 0.25) is 0 Å². The summed E-state index contributed by atoms with van der Waals surface area (Å²) in [5.74, 6) is -1.60. The predicted octanol–water partition coefficient (Wildman–Crippen LogP) is 5.15. The molecule has 1 atom stereocenters. The molecule has 4 rings (SSSR count). The molecule has 146 valence electrons. The van der Waals surface area contributed by atoms with Gasteiger partial charge in [-0.2, -0.15) is 0 Å². The molecular formula is C22H17BrN2O3S. The molecule has 29 heavy (non-hydrogen) atoms. The lowest BCUT2D eigenvalue weighted by molar-refractivity contribution is -0.132. The zero-order valence-electron chi connectivity index (χ0n) is 15.7. The van der Waals surface area contributed by atoms with Crippen LogP contribution in [0.3, 0.4) is 0 Å². The number of halogens is 1. The Hall–Kier alpha value is -2.77. The first-order valence-corrected chi connectivity index (χ1v) is 10.6. The van der Waals surface area contributed by atoms with Crippen molar-refractivity contribution >= 4 is 49.8 Å². The van der Waals surface area contributed by atoms with Crippen LogP contribution >= 0.6 is 27.3 Å². The van der Waals surface area contributed by atoms with E-state index in [1.807, 2.05) is 44.2 Å². The molecule has 0 spiro atoms. The van der Waals surface area contributed by atoms with Crippen LogP contribution in [-0.2, 0) is 9.59 Å². The molecule has 5 nitrogen and oxygen atoms in total. The summed E-state index contributed by atoms with van der Waals surface area (Å²) in [7, 11) is 0. The maximum Gasteiger partial charge on any atom is 0.301 e. The Morgan fingerprint density at radius 1 is 1.07 bits per heavy atom. The highest BCUT2D eigenvalue weighted by molar-refractivity contribution is 9.10. The number of thiazole rings is 1. The number of aryl methyl sites for hydroxylation is 2. The lowest BCUT2D eigenvalue weighted by Crippen LogP contribution is -2.29. The highest BCUT2D eigenvalue weighted by Gasteiger charge is 2.48. The standard InChI is InChI=1S/C22H17BrN2O3S/c1-12-13(2)29-22(24-12)25-18(14-8-10-16(23)11-9-14)17(20(27)21(25)28)19(26)15-6-4-3-5-7-15/h3-11,18,26H,1-2H3/b19-17+. The molecule has 1 unspecified atom stereocenters. The van der Waals surface area contributed by atoms with Crippen LogP contribution in [0.15, 0.2) is 64.6 Å². The van der Waals surface area contributed by atoms with E-state index in [1.54, 1.807) is 24.3 Å². The fourth-order valence-electron chi connectivity index (χ4n) is 3.30. The fraction of sp³-hybridized carbons (Fsp3) is 0.136. The second-order valence-corrected chi connectivity index (χ2v) is 8.82. The molecular weight excluding hydrogens is 452 g/mol. The van der Waals surface area contributed by atoms with E-state index in [9.17, 15) is 14.7 Å². The van der Waals surface area contributed by atoms with Crippen molar-refractivity contribution in [3.8, 4) is 0 Å². The van der Waals surface area contributed by atoms with Gasteiger partial charge >= 0.3 is 5.91 Å². The molecule has 1 aliphatic rings. The van der Waals surface area contributed by atoms with Gasteiger partial charge in [-0.1, -0.05) is 58.4 Å². The van der Waals surface area contributed by atoms with Gasteiger partial charge in [-0.15, -0.1) is 11.3 Å². The van der Waals surface area contributed by atoms with E-state index in [2.05, 4.69) is 20.9 Å². The number of aliphatic hydroxyl groups excluding tert-OH is 1. The molecule has 1 fully saturated rings. The number of ketones is 1. The van der Waals surface area contributed by atoms with Crippen molar-refractivity contribution in [3.05, 3.63) is 86.3 Å². The first-order valence-electron chi connectivity index (χ1n) is 8.94. The van der Waals surface area contributed by atoms with E-state index in [-0.39, 0.29) is 11.3 Å². The molecule has 7 heteroatoms. The van der Waals surface area contributed by atoms with E-state index in [0.717, 1.165) is 20.6 Å². The maximum absolute atomic E-state index is 13.0. The number of anilines is 1. The summed E-state index contributed by atoms with van der Waals surface area (Å²) < 4.78 is 0.877. The smallest absolute Gasteiger partial charge is 0.301 e. The predicted molar refractivity (Wildman–Crippen MR) is 117 cm³/mol. The van der Waals surface area contributed by atoms with Crippen molar-refractivity contribution in [2.75, 3.05) is 4.90 Å². The SMILES string of the molecule is Cc1nc(N2C(=O)C(=O)/C(=C(/O)c3ccccc3)C2c2ccc(Br)cc2)sc1C. The largest absolute Gasteiger partial charge is 0.507 e. The monoisotopic (exact) mass is 468 g/mol. The lowest BCUT2D eigenvalue weighted by atomic mass is 9.95. The highest BCUT2D eigenvalue weighted by Crippen LogP contribution is 2.43. The first kappa shape index (κ1) is 19.5. The van der Waals surface area contributed by atoms with Crippen LogP contribution < -0.4 is 4.90 Å². The summed E-state index contributed by atoms with van der Waals surface area (Å²) in [5, 5.41) is 11.4. The minimum Gasteiger partial charge on any atom is -0.507 e. The second kappa shape index (κ2) is 7.57. The normalized spacial score (nSPS) is 18.4. The number of benzene rings is 2. The van der Waals surface area contributed by atoms with Crippen LogP contribution in [-0.4, -0.2) is 21.8 Å². The van der Waals surface area contributed by atoms with Gasteiger partial charge in [0, 0.05) is 14.9 Å². The molecule has 0 bridgehead atoms. The van der Waals surface area contributed by atoms with E-state index < -0.39 is 17.7 Å². The average molecular weight is 469 g/mol. The number of amides is 1. The summed E-state index contributed by atoms with van der Waals surface area (Å²) in [5.41, 5.74) is 2.08. The number of nitrogens with zero attached hydrogens (tertiary/aromatic N) is 2. The highest BCUT2D eigenvalue weighted by atomic mass is 79.9. The lowest BCUT2D eigenvalue weighted by Gasteiger charge is -2.23. The number of carbonyl (C=O) groups excluding carboxylic acids is 2. The number of rotatable bonds is 3. The number of hydrogen-bond donors (Lipinski definition) is 1. The molecule has 1 saturated heterocycles. The zero-order valence-corrected chi connectivity index (χ0v) is 18.1. The molecule has 0 aliphatic carbocycles. The van der Waals surface area contributed by atoms with Gasteiger partial charge in [-0.05, 0) is 31.5 Å². The molecule has 2 aromatic carbocycles. The van der Waals surface area contributed by atoms with Crippen molar-refractivity contribution in [3.63, 3.8) is 0 Å². The van der Waals surface area contributed by atoms with Crippen molar-refractivity contribution in [2.24, 2.45) is 0 Å². The summed E-state index contributed by atoms with van der Waals surface area (Å²) in [6.45, 7) is 3.79. The molecule has 1 aliphatic heterocycles. The molecule has 3 aromatic rings. The van der Waals surface area contributed by atoms with Crippen LogP contribution in [0.1, 0.15) is 27.7 Å². The second-order valence-electron chi connectivity index (χ2n) is 6.72. The van der Waals surface area contributed by atoms with Crippen molar-refractivity contribution in [2.45, 2.75) is 19.9 Å². The number of aromatic nitrogens is 1. The van der Waals surface area contributed by atoms with Crippen LogP contribution in [0.4, 0.5) is 5.13 Å². The first-order chi connectivity index (χ1) is 13.9. The van der Waals surface area contributed by atoms with Gasteiger partial charge in [-0.25, -0.2) is 4.98 Å². The van der Waals surface area contributed by atoms with Crippen LogP contribution in [0.5, 0.6) is 0 Å². The van der Waals surface area contributed by atoms with E-state index >= 15 is 0 Å². The van der Waals surface area contributed by atoms with Crippen molar-refractivity contribution in [1.29, 1.82) is 0 Å². The number of Topliss-reactive ketones (excluding diaryl/α,β-unsaturated/α-hetero) is 1. The minimum absolute atomic E-state index is 0.0639. The molecule has 0 saturated carbocycles. The third kappa shape index (κ3) is 3.41. The average Bonchev–Trinajstić information content (AvgIpc) is 3.18. The topological polar surface area (TPSA) is 70.5 Å². The Bertz CT molecular complexity index is 1120. The third-order valence-corrected chi connectivity index (χ3v) is 6.50. The van der Waals surface area contributed by atoms with Gasteiger partial charge < -0.3 is 5.11 Å². The summed E-state index contributed by atoms with van der Waals surface area (Å²) >= 11 is 4.77. The van der Waals surface area contributed by atoms with Crippen molar-refractivity contribution in [1.82, 2.24) is 4.98 Å². The Labute approximate surface area is 180 Å². The quantitative estimate of drug-likeness (QED) is 0.327. The Kier molecular flexibility index (Phi) is 5.10. The maximum atomic E-state index is 13.0. The van der Waals surface area contributed by atoms with Crippen LogP contribution in [0, 0.1) is 13.8 Å². The van der Waals surface area contributed by atoms with E-state index in [0.29, 0.717) is 10.7 Å². The number of hydrogen-bond acceptors (Lipinski definition) is 5. The van der Waals surface area contributed by atoms with Crippen LogP contribution in [0.25, 0.3) is 5.76 Å². The fourth-order valence-corrected chi connectivity index (χ4v) is 4.50. The molecule has 1 amide bonds. The Morgan fingerprint density at radius 3 is 2.31 bits per heavy atom. The molecule has 0 radical (unpaired) electrons. The molecule has 2 heterocycles. The van der Waals surface area contributed by atoms with Gasteiger partial charge in [0.25, 0.3) is 5.78 Å².